The number of nitrogens with two attached hydrogens (primary N) is 1. The molecule has 0 unspecified atom stereocenters. The van der Waals surface area contributed by atoms with Gasteiger partial charge in [0.1, 0.15) is 0 Å². The summed E-state index contributed by atoms with van der Waals surface area (Å²) < 4.78 is 0. The molecule has 1 aliphatic carbocycles. The van der Waals surface area contributed by atoms with Gasteiger partial charge >= 0.3 is 0 Å². The Morgan fingerprint density at radius 2 is 1.67 bits per heavy atom. The molecule has 1 aromatic rings. The van der Waals surface area contributed by atoms with Crippen LogP contribution in [-0.4, -0.2) is 8.07 Å². The predicted molar refractivity (Wildman–Crippen MR) is 81.8 cm³/mol. The van der Waals surface area contributed by atoms with E-state index >= 15 is 0 Å². The smallest absolute Gasteiger partial charge is 0.0772 e. The van der Waals surface area contributed by atoms with Gasteiger partial charge in [-0.25, -0.2) is 0 Å². The average Bonchev–Trinajstić information content (AvgIpc) is 2.78. The van der Waals surface area contributed by atoms with Crippen LogP contribution in [0.1, 0.15) is 11.1 Å². The topological polar surface area (TPSA) is 26.0 Å². The molecule has 2 N–H and O–H groups in total. The summed E-state index contributed by atoms with van der Waals surface area (Å²) >= 11 is 0. The van der Waals surface area contributed by atoms with Crippen LogP contribution >= 0.6 is 0 Å². The van der Waals surface area contributed by atoms with E-state index in [1.165, 1.54) is 17.0 Å². The Balaban J connectivity index is 2.13. The van der Waals surface area contributed by atoms with E-state index in [0.717, 1.165) is 6.42 Å². The first-order chi connectivity index (χ1) is 8.50. The maximum absolute atomic E-state index is 5.79. The molecule has 1 radical (unpaired) electrons. The van der Waals surface area contributed by atoms with Crippen LogP contribution in [0.4, 0.5) is 0 Å². The lowest BCUT2D eigenvalue weighted by molar-refractivity contribution is 0.995. The van der Waals surface area contributed by atoms with E-state index in [2.05, 4.69) is 62.1 Å². The van der Waals surface area contributed by atoms with E-state index in [1.807, 2.05) is 0 Å². The highest BCUT2D eigenvalue weighted by atomic mass is 28.3. The molecule has 0 heterocycles. The third-order valence-electron chi connectivity index (χ3n) is 3.42. The van der Waals surface area contributed by atoms with Gasteiger partial charge in [-0.3, -0.25) is 0 Å². The predicted octanol–water partition coefficient (Wildman–Crippen LogP) is 3.64. The summed E-state index contributed by atoms with van der Waals surface area (Å²) in [4.78, 5) is 0. The third-order valence-corrected chi connectivity index (χ3v) is 5.46. The first-order valence-electron chi connectivity index (χ1n) is 6.53. The van der Waals surface area contributed by atoms with E-state index in [9.17, 15) is 0 Å². The lowest BCUT2D eigenvalue weighted by Gasteiger charge is -2.16. The molecule has 0 fully saturated rings. The number of hydrogen-bond donors (Lipinski definition) is 1. The fourth-order valence-corrected chi connectivity index (χ4v) is 3.42. The van der Waals surface area contributed by atoms with E-state index in [4.69, 9.17) is 5.73 Å². The molecule has 0 aliphatic heterocycles. The molecular weight excluding hydrogens is 234 g/mol. The van der Waals surface area contributed by atoms with Crippen LogP contribution in [0.15, 0.2) is 47.7 Å². The molecule has 2 heteroatoms. The minimum Gasteiger partial charge on any atom is -0.326 e. The van der Waals surface area contributed by atoms with Crippen molar-refractivity contribution in [2.75, 3.05) is 0 Å². The molecule has 0 atom stereocenters. The molecule has 0 saturated heterocycles. The fourth-order valence-electron chi connectivity index (χ4n) is 2.22. The second kappa shape index (κ2) is 5.25. The van der Waals surface area contributed by atoms with Crippen molar-refractivity contribution in [3.63, 3.8) is 0 Å². The van der Waals surface area contributed by atoms with E-state index in [-0.39, 0.29) is 0 Å². The lowest BCUT2D eigenvalue weighted by Crippen LogP contribution is -2.21. The van der Waals surface area contributed by atoms with E-state index in [0.29, 0.717) is 6.54 Å². The maximum atomic E-state index is 5.79. The van der Waals surface area contributed by atoms with Gasteiger partial charge in [-0.15, -0.1) is 0 Å². The third kappa shape index (κ3) is 3.00. The number of rotatable bonds is 4. The Labute approximate surface area is 111 Å². The van der Waals surface area contributed by atoms with Crippen LogP contribution < -0.4 is 5.73 Å². The van der Waals surface area contributed by atoms with E-state index < -0.39 is 8.07 Å². The van der Waals surface area contributed by atoms with Gasteiger partial charge in [0.25, 0.3) is 0 Å². The van der Waals surface area contributed by atoms with Crippen molar-refractivity contribution in [2.24, 2.45) is 5.73 Å². The second-order valence-corrected chi connectivity index (χ2v) is 11.0. The van der Waals surface area contributed by atoms with Crippen LogP contribution in [0.2, 0.25) is 19.6 Å². The molecule has 2 rings (SSSR count). The number of allylic oxidation sites excluding steroid dienone is 4. The number of benzene rings is 1. The molecule has 1 nitrogen and oxygen atoms in total. The maximum Gasteiger partial charge on any atom is 0.0772 e. The van der Waals surface area contributed by atoms with Crippen molar-refractivity contribution in [2.45, 2.75) is 32.6 Å². The SMILES string of the molecule is C[Si](C)(C)C1=C[C](Cc2ccccc2CN)C=C1. The Morgan fingerprint density at radius 1 is 1.00 bits per heavy atom. The molecule has 0 saturated carbocycles. The zero-order valence-corrected chi connectivity index (χ0v) is 12.5. The highest BCUT2D eigenvalue weighted by Crippen LogP contribution is 2.28. The summed E-state index contributed by atoms with van der Waals surface area (Å²) in [6, 6.07) is 8.46. The van der Waals surface area contributed by atoms with Crippen LogP contribution in [0, 0.1) is 5.92 Å². The summed E-state index contributed by atoms with van der Waals surface area (Å²) in [5, 5.41) is 1.54. The first-order valence-corrected chi connectivity index (χ1v) is 10.0. The van der Waals surface area contributed by atoms with Gasteiger partial charge in [0.05, 0.1) is 8.07 Å². The molecule has 18 heavy (non-hydrogen) atoms. The lowest BCUT2D eigenvalue weighted by atomic mass is 9.97. The zero-order chi connectivity index (χ0) is 13.2. The molecule has 1 aliphatic rings. The summed E-state index contributed by atoms with van der Waals surface area (Å²) in [5.74, 6) is 1.41. The number of hydrogen-bond acceptors (Lipinski definition) is 1. The van der Waals surface area contributed by atoms with Crippen molar-refractivity contribution in [3.8, 4) is 0 Å². The molecule has 0 amide bonds. The highest BCUT2D eigenvalue weighted by Gasteiger charge is 2.22. The molecular formula is C16H22NSi. The molecule has 95 valence electrons. The second-order valence-electron chi connectivity index (χ2n) is 5.91. The van der Waals surface area contributed by atoms with Gasteiger partial charge in [-0.1, -0.05) is 67.3 Å². The highest BCUT2D eigenvalue weighted by molar-refractivity contribution is 6.83. The van der Waals surface area contributed by atoms with Crippen molar-refractivity contribution in [1.29, 1.82) is 0 Å². The normalized spacial score (nSPS) is 16.1. The quantitative estimate of drug-likeness (QED) is 0.818. The summed E-state index contributed by atoms with van der Waals surface area (Å²) in [6.07, 6.45) is 7.94. The monoisotopic (exact) mass is 256 g/mol. The average molecular weight is 256 g/mol. The van der Waals surface area contributed by atoms with Gasteiger partial charge in [-0.05, 0) is 17.5 Å². The van der Waals surface area contributed by atoms with Gasteiger partial charge in [0.2, 0.25) is 0 Å². The molecule has 1 aromatic carbocycles. The molecule has 0 bridgehead atoms. The minimum atomic E-state index is -1.18. The minimum absolute atomic E-state index is 0.623. The van der Waals surface area contributed by atoms with Crippen LogP contribution in [0.25, 0.3) is 0 Å². The summed E-state index contributed by atoms with van der Waals surface area (Å²) in [7, 11) is -1.18. The first kappa shape index (κ1) is 13.3. The Bertz CT molecular complexity index is 480. The molecule has 0 spiro atoms. The van der Waals surface area contributed by atoms with Crippen LogP contribution in [-0.2, 0) is 13.0 Å². The zero-order valence-electron chi connectivity index (χ0n) is 11.5. The summed E-state index contributed by atoms with van der Waals surface area (Å²) in [6.45, 7) is 7.79. The standard InChI is InChI=1S/C16H22NSi/c1-18(2,3)16-9-8-13(11-16)10-14-6-4-5-7-15(14)12-17/h4-9,11H,10,12,17H2,1-3H3. The van der Waals surface area contributed by atoms with Crippen molar-refractivity contribution in [3.05, 3.63) is 64.7 Å². The van der Waals surface area contributed by atoms with Crippen molar-refractivity contribution < 1.29 is 0 Å². The van der Waals surface area contributed by atoms with Crippen LogP contribution in [0.3, 0.4) is 0 Å². The van der Waals surface area contributed by atoms with Crippen molar-refractivity contribution >= 4 is 8.07 Å². The summed E-state index contributed by atoms with van der Waals surface area (Å²) in [5.41, 5.74) is 8.40. The Morgan fingerprint density at radius 3 is 2.22 bits per heavy atom. The van der Waals surface area contributed by atoms with E-state index in [1.54, 1.807) is 5.20 Å². The van der Waals surface area contributed by atoms with Gasteiger partial charge < -0.3 is 5.73 Å². The van der Waals surface area contributed by atoms with Gasteiger partial charge in [0.15, 0.2) is 0 Å². The van der Waals surface area contributed by atoms with Crippen molar-refractivity contribution in [1.82, 2.24) is 0 Å². The Kier molecular flexibility index (Phi) is 3.88. The van der Waals surface area contributed by atoms with Gasteiger partial charge in [-0.2, -0.15) is 0 Å². The fraction of sp³-hybridized carbons (Fsp3) is 0.312. The molecule has 0 aromatic heterocycles. The largest absolute Gasteiger partial charge is 0.326 e. The van der Waals surface area contributed by atoms with Gasteiger partial charge in [0, 0.05) is 12.5 Å². The van der Waals surface area contributed by atoms with Crippen LogP contribution in [0.5, 0.6) is 0 Å². The Hall–Kier alpha value is -1.12.